The van der Waals surface area contributed by atoms with Crippen LogP contribution in [0.4, 0.5) is 26.3 Å². The first kappa shape index (κ1) is 14.2. The van der Waals surface area contributed by atoms with Crippen molar-refractivity contribution in [2.75, 3.05) is 0 Å². The molecule has 1 aromatic carbocycles. The smallest absolute Gasteiger partial charge is 0.449 e. The molecule has 0 bridgehead atoms. The molecular formula is C10H4F6N2O2. The number of carboxylic acids is 1. The Bertz CT molecular complexity index is 685. The molecule has 2 aromatic rings. The van der Waals surface area contributed by atoms with Gasteiger partial charge in [-0.2, -0.15) is 26.3 Å². The average Bonchev–Trinajstić information content (AvgIpc) is 2.68. The Morgan fingerprint density at radius 1 is 1.10 bits per heavy atom. The first-order valence-electron chi connectivity index (χ1n) is 4.91. The number of carbonyl (C=O) groups is 1. The monoisotopic (exact) mass is 298 g/mol. The van der Waals surface area contributed by atoms with Crippen molar-refractivity contribution in [3.05, 3.63) is 29.1 Å². The van der Waals surface area contributed by atoms with Crippen LogP contribution in [0.3, 0.4) is 0 Å². The van der Waals surface area contributed by atoms with Crippen molar-refractivity contribution in [1.29, 1.82) is 0 Å². The minimum atomic E-state index is -5.01. The number of aromatic carboxylic acids is 1. The standard InChI is InChI=1S/C10H4F6N2O2/c11-9(12,13)4-2-6-5(1-3(4)7(19)20)17-8(18-6)10(14,15)16/h1-2H,(H,17,18)(H,19,20). The van der Waals surface area contributed by atoms with Crippen molar-refractivity contribution in [2.45, 2.75) is 12.4 Å². The van der Waals surface area contributed by atoms with Gasteiger partial charge in [0.15, 0.2) is 0 Å². The van der Waals surface area contributed by atoms with Crippen LogP contribution in [0.1, 0.15) is 21.7 Å². The molecule has 1 aromatic heterocycles. The third-order valence-electron chi connectivity index (χ3n) is 2.43. The summed E-state index contributed by atoms with van der Waals surface area (Å²) < 4.78 is 75.1. The van der Waals surface area contributed by atoms with Crippen molar-refractivity contribution >= 4 is 17.0 Å². The Hall–Kier alpha value is -2.26. The fourth-order valence-corrected chi connectivity index (χ4v) is 1.60. The van der Waals surface area contributed by atoms with Gasteiger partial charge in [-0.25, -0.2) is 9.78 Å². The molecule has 20 heavy (non-hydrogen) atoms. The van der Waals surface area contributed by atoms with E-state index >= 15 is 0 Å². The van der Waals surface area contributed by atoms with Crippen LogP contribution >= 0.6 is 0 Å². The molecular weight excluding hydrogens is 294 g/mol. The summed E-state index contributed by atoms with van der Waals surface area (Å²) in [5.41, 5.74) is -3.77. The number of rotatable bonds is 1. The minimum absolute atomic E-state index is 0.293. The number of carboxylic acid groups (broad SMARTS) is 1. The Morgan fingerprint density at radius 2 is 1.70 bits per heavy atom. The predicted molar refractivity (Wildman–Crippen MR) is 53.1 cm³/mol. The van der Waals surface area contributed by atoms with Gasteiger partial charge in [-0.1, -0.05) is 0 Å². The lowest BCUT2D eigenvalue weighted by molar-refractivity contribution is -0.144. The Balaban J connectivity index is 2.75. The highest BCUT2D eigenvalue weighted by Gasteiger charge is 2.38. The van der Waals surface area contributed by atoms with Crippen LogP contribution in [-0.2, 0) is 12.4 Å². The van der Waals surface area contributed by atoms with Crippen LogP contribution in [0.5, 0.6) is 0 Å². The van der Waals surface area contributed by atoms with E-state index in [1.165, 1.54) is 0 Å². The molecule has 0 unspecified atom stereocenters. The van der Waals surface area contributed by atoms with Gasteiger partial charge in [0.25, 0.3) is 0 Å². The maximum atomic E-state index is 12.7. The number of alkyl halides is 6. The number of hydrogen-bond acceptors (Lipinski definition) is 2. The molecule has 0 aliphatic rings. The van der Waals surface area contributed by atoms with Gasteiger partial charge < -0.3 is 10.1 Å². The number of aromatic nitrogens is 2. The molecule has 0 saturated heterocycles. The van der Waals surface area contributed by atoms with E-state index in [0.29, 0.717) is 12.1 Å². The summed E-state index contributed by atoms with van der Waals surface area (Å²) in [6, 6.07) is 0.743. The molecule has 0 saturated carbocycles. The highest BCUT2D eigenvalue weighted by atomic mass is 19.4. The Kier molecular flexibility index (Phi) is 2.91. The molecule has 0 amide bonds. The fraction of sp³-hybridized carbons (Fsp3) is 0.200. The van der Waals surface area contributed by atoms with Crippen molar-refractivity contribution in [1.82, 2.24) is 9.97 Å². The van der Waals surface area contributed by atoms with E-state index in [0.717, 1.165) is 0 Å². The van der Waals surface area contributed by atoms with Gasteiger partial charge in [-0.3, -0.25) is 0 Å². The molecule has 108 valence electrons. The summed E-state index contributed by atoms with van der Waals surface area (Å²) in [4.78, 5) is 15.5. The number of imidazole rings is 1. The molecule has 0 spiro atoms. The zero-order valence-electron chi connectivity index (χ0n) is 9.23. The lowest BCUT2D eigenvalue weighted by Crippen LogP contribution is -2.12. The number of nitrogens with one attached hydrogen (secondary N) is 1. The van der Waals surface area contributed by atoms with Crippen molar-refractivity contribution < 1.29 is 36.2 Å². The Labute approximate surface area is 106 Å². The number of nitrogens with zero attached hydrogens (tertiary/aromatic N) is 1. The number of H-pyrrole nitrogens is 1. The van der Waals surface area contributed by atoms with Gasteiger partial charge in [-0.15, -0.1) is 0 Å². The molecule has 10 heteroatoms. The molecule has 0 fully saturated rings. The maximum Gasteiger partial charge on any atom is 0.449 e. The van der Waals surface area contributed by atoms with E-state index in [1.54, 1.807) is 4.98 Å². The van der Waals surface area contributed by atoms with Gasteiger partial charge >= 0.3 is 18.3 Å². The molecule has 0 aliphatic carbocycles. The van der Waals surface area contributed by atoms with E-state index in [4.69, 9.17) is 5.11 Å². The molecule has 0 atom stereocenters. The van der Waals surface area contributed by atoms with Crippen LogP contribution in [0.25, 0.3) is 11.0 Å². The minimum Gasteiger partial charge on any atom is -0.478 e. The highest BCUT2D eigenvalue weighted by molar-refractivity contribution is 5.94. The molecule has 0 aliphatic heterocycles. The number of aromatic amines is 1. The zero-order chi connectivity index (χ0) is 15.3. The second kappa shape index (κ2) is 4.12. The second-order valence-electron chi connectivity index (χ2n) is 3.80. The number of fused-ring (bicyclic) bond motifs is 1. The van der Waals surface area contributed by atoms with E-state index in [2.05, 4.69) is 4.98 Å². The van der Waals surface area contributed by atoms with E-state index in [1.807, 2.05) is 0 Å². The average molecular weight is 298 g/mol. The third-order valence-corrected chi connectivity index (χ3v) is 2.43. The van der Waals surface area contributed by atoms with E-state index in [9.17, 15) is 31.1 Å². The highest BCUT2D eigenvalue weighted by Crippen LogP contribution is 2.35. The first-order chi connectivity index (χ1) is 9.00. The van der Waals surface area contributed by atoms with Gasteiger partial charge in [0.2, 0.25) is 5.82 Å². The first-order valence-corrected chi connectivity index (χ1v) is 4.91. The largest absolute Gasteiger partial charge is 0.478 e. The summed E-state index contributed by atoms with van der Waals surface area (Å²) in [6.07, 6.45) is -9.88. The Morgan fingerprint density at radius 3 is 2.15 bits per heavy atom. The quantitative estimate of drug-likeness (QED) is 0.794. The van der Waals surface area contributed by atoms with Crippen LogP contribution in [-0.4, -0.2) is 21.0 Å². The zero-order valence-corrected chi connectivity index (χ0v) is 9.23. The number of hydrogen-bond donors (Lipinski definition) is 2. The lowest BCUT2D eigenvalue weighted by atomic mass is 10.1. The summed E-state index contributed by atoms with van der Waals surface area (Å²) in [5.74, 6) is -3.40. The van der Waals surface area contributed by atoms with Gasteiger partial charge in [-0.05, 0) is 12.1 Å². The molecule has 1 heterocycles. The number of halogens is 6. The van der Waals surface area contributed by atoms with E-state index in [-0.39, 0.29) is 0 Å². The van der Waals surface area contributed by atoms with Crippen LogP contribution in [0.15, 0.2) is 12.1 Å². The van der Waals surface area contributed by atoms with E-state index < -0.39 is 46.3 Å². The van der Waals surface area contributed by atoms with Crippen molar-refractivity contribution in [3.63, 3.8) is 0 Å². The lowest BCUT2D eigenvalue weighted by Gasteiger charge is -2.09. The summed E-state index contributed by atoms with van der Waals surface area (Å²) >= 11 is 0. The normalized spacial score (nSPS) is 12.9. The van der Waals surface area contributed by atoms with Gasteiger partial charge in [0, 0.05) is 0 Å². The maximum absolute atomic E-state index is 12.7. The molecule has 0 radical (unpaired) electrons. The van der Waals surface area contributed by atoms with Gasteiger partial charge in [0.1, 0.15) is 0 Å². The predicted octanol–water partition coefficient (Wildman–Crippen LogP) is 3.30. The SMILES string of the molecule is O=C(O)c1cc2nc(C(F)(F)F)[nH]c2cc1C(F)(F)F. The molecule has 4 nitrogen and oxygen atoms in total. The summed E-state index contributed by atoms with van der Waals surface area (Å²) in [5, 5.41) is 8.69. The summed E-state index contributed by atoms with van der Waals surface area (Å²) in [6.45, 7) is 0. The van der Waals surface area contributed by atoms with Crippen molar-refractivity contribution in [2.24, 2.45) is 0 Å². The second-order valence-corrected chi connectivity index (χ2v) is 3.80. The van der Waals surface area contributed by atoms with Gasteiger partial charge in [0.05, 0.1) is 22.2 Å². The molecule has 2 rings (SSSR count). The fourth-order valence-electron chi connectivity index (χ4n) is 1.60. The third kappa shape index (κ3) is 2.40. The van der Waals surface area contributed by atoms with Crippen molar-refractivity contribution in [3.8, 4) is 0 Å². The topological polar surface area (TPSA) is 66.0 Å². The van der Waals surface area contributed by atoms with Crippen LogP contribution in [0.2, 0.25) is 0 Å². The summed E-state index contributed by atoms with van der Waals surface area (Å²) in [7, 11) is 0. The molecule has 2 N–H and O–H groups in total. The van der Waals surface area contributed by atoms with Crippen LogP contribution < -0.4 is 0 Å². The number of benzene rings is 1. The van der Waals surface area contributed by atoms with Crippen LogP contribution in [0, 0.1) is 0 Å².